The van der Waals surface area contributed by atoms with Crippen molar-refractivity contribution in [1.82, 2.24) is 15.4 Å². The van der Waals surface area contributed by atoms with Gasteiger partial charge in [-0.1, -0.05) is 40.1 Å². The molecule has 0 saturated heterocycles. The van der Waals surface area contributed by atoms with Crippen LogP contribution in [0.1, 0.15) is 16.1 Å². The normalized spacial score (nSPS) is 10.5. The van der Waals surface area contributed by atoms with Gasteiger partial charge in [-0.3, -0.25) is 0 Å². The Morgan fingerprint density at radius 3 is 2.78 bits per heavy atom. The number of aromatic nitrogens is 3. The highest BCUT2D eigenvalue weighted by Crippen LogP contribution is 2.29. The Morgan fingerprint density at radius 1 is 1.22 bits per heavy atom. The van der Waals surface area contributed by atoms with Crippen molar-refractivity contribution < 1.29 is 14.6 Å². The highest BCUT2D eigenvalue weighted by atomic mass is 35.5. The van der Waals surface area contributed by atoms with Crippen LogP contribution in [-0.2, 0) is 0 Å². The summed E-state index contributed by atoms with van der Waals surface area (Å²) >= 11 is 6.09. The average molecular weight is 330 g/mol. The number of carboxylic acid groups (broad SMARTS) is 1. The number of rotatable bonds is 4. The third kappa shape index (κ3) is 3.32. The number of benzene rings is 2. The fourth-order valence-corrected chi connectivity index (χ4v) is 2.47. The van der Waals surface area contributed by atoms with E-state index in [4.69, 9.17) is 21.4 Å². The molecular formula is C16H12ClN3O3. The van der Waals surface area contributed by atoms with Crippen LogP contribution in [0, 0.1) is 6.92 Å². The van der Waals surface area contributed by atoms with Crippen LogP contribution in [0.5, 0.6) is 11.6 Å². The van der Waals surface area contributed by atoms with Gasteiger partial charge in [0.25, 0.3) is 5.88 Å². The Kier molecular flexibility index (Phi) is 3.99. The molecule has 6 nitrogen and oxygen atoms in total. The summed E-state index contributed by atoms with van der Waals surface area (Å²) in [5.41, 5.74) is 2.69. The summed E-state index contributed by atoms with van der Waals surface area (Å²) in [4.78, 5) is 11.0. The van der Waals surface area contributed by atoms with Crippen LogP contribution in [0.15, 0.2) is 42.5 Å². The Labute approximate surface area is 136 Å². The van der Waals surface area contributed by atoms with Gasteiger partial charge in [-0.05, 0) is 47.9 Å². The fourth-order valence-electron chi connectivity index (χ4n) is 2.18. The molecule has 1 aromatic heterocycles. The molecular weight excluding hydrogens is 318 g/mol. The number of carboxylic acids is 1. The molecule has 3 rings (SSSR count). The molecule has 0 aliphatic carbocycles. The Hall–Kier alpha value is -2.86. The second-order valence-electron chi connectivity index (χ2n) is 4.94. The van der Waals surface area contributed by atoms with Crippen molar-refractivity contribution in [2.45, 2.75) is 6.92 Å². The Balaban J connectivity index is 1.94. The van der Waals surface area contributed by atoms with E-state index in [0.29, 0.717) is 10.8 Å². The van der Waals surface area contributed by atoms with Gasteiger partial charge in [0.2, 0.25) is 5.69 Å². The van der Waals surface area contributed by atoms with E-state index in [0.717, 1.165) is 16.7 Å². The van der Waals surface area contributed by atoms with Crippen molar-refractivity contribution in [3.63, 3.8) is 0 Å². The molecule has 7 heteroatoms. The van der Waals surface area contributed by atoms with E-state index >= 15 is 0 Å². The van der Waals surface area contributed by atoms with Gasteiger partial charge in [0.1, 0.15) is 5.75 Å². The standard InChI is InChI=1S/C16H12ClN3O3/c1-9-5-11(7-12(17)6-9)10-3-2-4-13(8-10)23-15-14(16(21)22)18-20-19-15/h2-8H,1H3,(H,21,22)(H,18,19,20). The van der Waals surface area contributed by atoms with Gasteiger partial charge in [-0.2, -0.15) is 0 Å². The summed E-state index contributed by atoms with van der Waals surface area (Å²) in [6.45, 7) is 1.96. The zero-order chi connectivity index (χ0) is 16.4. The lowest BCUT2D eigenvalue weighted by Gasteiger charge is -2.07. The van der Waals surface area contributed by atoms with Gasteiger partial charge >= 0.3 is 5.97 Å². The van der Waals surface area contributed by atoms with Gasteiger partial charge in [0.15, 0.2) is 0 Å². The van der Waals surface area contributed by atoms with E-state index in [2.05, 4.69) is 15.4 Å². The number of aromatic amines is 1. The number of ether oxygens (including phenoxy) is 1. The highest BCUT2D eigenvalue weighted by molar-refractivity contribution is 6.30. The Bertz CT molecular complexity index is 856. The lowest BCUT2D eigenvalue weighted by molar-refractivity contribution is 0.0687. The maximum absolute atomic E-state index is 11.0. The molecule has 0 atom stereocenters. The van der Waals surface area contributed by atoms with Crippen LogP contribution in [0.4, 0.5) is 0 Å². The van der Waals surface area contributed by atoms with Crippen LogP contribution in [0.25, 0.3) is 11.1 Å². The second-order valence-corrected chi connectivity index (χ2v) is 5.38. The summed E-state index contributed by atoms with van der Waals surface area (Å²) in [7, 11) is 0. The van der Waals surface area contributed by atoms with E-state index in [1.54, 1.807) is 18.2 Å². The molecule has 0 amide bonds. The number of aryl methyl sites for hydroxylation is 1. The molecule has 0 bridgehead atoms. The van der Waals surface area contributed by atoms with E-state index < -0.39 is 5.97 Å². The lowest BCUT2D eigenvalue weighted by atomic mass is 10.0. The van der Waals surface area contributed by atoms with Crippen LogP contribution < -0.4 is 4.74 Å². The quantitative estimate of drug-likeness (QED) is 0.757. The van der Waals surface area contributed by atoms with Gasteiger partial charge in [0, 0.05) is 5.02 Å². The molecule has 1 heterocycles. The third-order valence-electron chi connectivity index (χ3n) is 3.15. The molecule has 0 aliphatic rings. The molecule has 0 aliphatic heterocycles. The predicted octanol–water partition coefficient (Wildman–Crippen LogP) is 3.92. The summed E-state index contributed by atoms with van der Waals surface area (Å²) in [5, 5.41) is 19.0. The van der Waals surface area contributed by atoms with E-state index in [1.165, 1.54) is 0 Å². The maximum Gasteiger partial charge on any atom is 0.359 e. The summed E-state index contributed by atoms with van der Waals surface area (Å²) in [5.74, 6) is -0.819. The number of halogens is 1. The van der Waals surface area contributed by atoms with Crippen molar-refractivity contribution >= 4 is 17.6 Å². The molecule has 2 aromatic carbocycles. The minimum Gasteiger partial charge on any atom is -0.476 e. The fraction of sp³-hybridized carbons (Fsp3) is 0.0625. The van der Waals surface area contributed by atoms with Crippen LogP contribution in [0.3, 0.4) is 0 Å². The molecule has 0 fully saturated rings. The minimum absolute atomic E-state index is 0.0862. The summed E-state index contributed by atoms with van der Waals surface area (Å²) < 4.78 is 5.51. The largest absolute Gasteiger partial charge is 0.476 e. The first-order chi connectivity index (χ1) is 11.0. The van der Waals surface area contributed by atoms with Gasteiger partial charge in [-0.15, -0.1) is 0 Å². The smallest absolute Gasteiger partial charge is 0.359 e. The monoisotopic (exact) mass is 329 g/mol. The maximum atomic E-state index is 11.0. The van der Waals surface area contributed by atoms with Gasteiger partial charge in [0.05, 0.1) is 0 Å². The topological polar surface area (TPSA) is 88.1 Å². The molecule has 0 unspecified atom stereocenters. The number of H-pyrrole nitrogens is 1. The SMILES string of the molecule is Cc1cc(Cl)cc(-c2cccc(Oc3nn[nH]c3C(=O)O)c2)c1. The van der Waals surface area contributed by atoms with Crippen molar-refractivity contribution in [2.75, 3.05) is 0 Å². The van der Waals surface area contributed by atoms with Crippen LogP contribution in [0.2, 0.25) is 5.02 Å². The molecule has 3 aromatic rings. The molecule has 23 heavy (non-hydrogen) atoms. The Morgan fingerprint density at radius 2 is 2.04 bits per heavy atom. The van der Waals surface area contributed by atoms with Gasteiger partial charge < -0.3 is 9.84 Å². The lowest BCUT2D eigenvalue weighted by Crippen LogP contribution is -1.99. The minimum atomic E-state index is -1.19. The first-order valence-electron chi connectivity index (χ1n) is 6.73. The number of nitrogens with one attached hydrogen (secondary N) is 1. The number of hydrogen-bond donors (Lipinski definition) is 2. The number of nitrogens with zero attached hydrogens (tertiary/aromatic N) is 2. The summed E-state index contributed by atoms with van der Waals surface area (Å²) in [6, 6.07) is 12.9. The van der Waals surface area contributed by atoms with E-state index in [9.17, 15) is 4.79 Å². The van der Waals surface area contributed by atoms with Gasteiger partial charge in [-0.25, -0.2) is 9.89 Å². The number of hydrogen-bond acceptors (Lipinski definition) is 4. The average Bonchev–Trinajstić information content (AvgIpc) is 2.95. The number of aromatic carboxylic acids is 1. The van der Waals surface area contributed by atoms with Crippen molar-refractivity contribution in [1.29, 1.82) is 0 Å². The third-order valence-corrected chi connectivity index (χ3v) is 3.37. The second kappa shape index (κ2) is 6.10. The van der Waals surface area contributed by atoms with Crippen LogP contribution >= 0.6 is 11.6 Å². The highest BCUT2D eigenvalue weighted by Gasteiger charge is 2.16. The molecule has 0 radical (unpaired) electrons. The first-order valence-corrected chi connectivity index (χ1v) is 7.10. The molecule has 0 spiro atoms. The summed E-state index contributed by atoms with van der Waals surface area (Å²) in [6.07, 6.45) is 0. The first kappa shape index (κ1) is 15.1. The zero-order valence-corrected chi connectivity index (χ0v) is 12.8. The predicted molar refractivity (Wildman–Crippen MR) is 85.0 cm³/mol. The molecule has 116 valence electrons. The van der Waals surface area contributed by atoms with E-state index in [-0.39, 0.29) is 11.6 Å². The van der Waals surface area contributed by atoms with Crippen LogP contribution in [-0.4, -0.2) is 26.5 Å². The van der Waals surface area contributed by atoms with Crippen molar-refractivity contribution in [3.05, 3.63) is 58.7 Å². The number of carbonyl (C=O) groups is 1. The molecule has 0 saturated carbocycles. The van der Waals surface area contributed by atoms with Crippen molar-refractivity contribution in [3.8, 4) is 22.8 Å². The zero-order valence-electron chi connectivity index (χ0n) is 12.1. The van der Waals surface area contributed by atoms with E-state index in [1.807, 2.05) is 31.2 Å². The van der Waals surface area contributed by atoms with Crippen molar-refractivity contribution in [2.24, 2.45) is 0 Å². The molecule has 2 N–H and O–H groups in total.